The fourth-order valence-corrected chi connectivity index (χ4v) is 3.53. The molecule has 0 bridgehead atoms. The van der Waals surface area contributed by atoms with Gasteiger partial charge in [0.2, 0.25) is 5.91 Å². The highest BCUT2D eigenvalue weighted by Crippen LogP contribution is 2.23. The Bertz CT molecular complexity index is 936. The van der Waals surface area contributed by atoms with Gasteiger partial charge >= 0.3 is 0 Å². The van der Waals surface area contributed by atoms with Crippen molar-refractivity contribution in [2.45, 2.75) is 19.4 Å². The minimum absolute atomic E-state index is 0.0435. The van der Waals surface area contributed by atoms with Gasteiger partial charge < -0.3 is 10.2 Å². The second-order valence-electron chi connectivity index (χ2n) is 6.82. The van der Waals surface area contributed by atoms with Gasteiger partial charge in [0.25, 0.3) is 0 Å². The highest BCUT2D eigenvalue weighted by atomic mass is 35.5. The van der Waals surface area contributed by atoms with Crippen molar-refractivity contribution >= 4 is 34.4 Å². The van der Waals surface area contributed by atoms with Gasteiger partial charge in [-0.2, -0.15) is 0 Å². The summed E-state index contributed by atoms with van der Waals surface area (Å²) in [5, 5.41) is 3.74. The van der Waals surface area contributed by atoms with E-state index in [4.69, 9.17) is 16.6 Å². The Labute approximate surface area is 163 Å². The molecule has 0 radical (unpaired) electrons. The van der Waals surface area contributed by atoms with E-state index in [1.807, 2.05) is 54.7 Å². The quantitative estimate of drug-likeness (QED) is 0.747. The fraction of sp³-hybridized carbons (Fsp3) is 0.286. The monoisotopic (exact) mass is 380 g/mol. The molecular weight excluding hydrogens is 360 g/mol. The summed E-state index contributed by atoms with van der Waals surface area (Å²) in [4.78, 5) is 23.9. The molecule has 138 valence electrons. The van der Waals surface area contributed by atoms with Crippen molar-refractivity contribution in [2.24, 2.45) is 5.92 Å². The summed E-state index contributed by atoms with van der Waals surface area (Å²) in [5.74, 6) is 1.05. The molecule has 1 aliphatic heterocycles. The van der Waals surface area contributed by atoms with Crippen molar-refractivity contribution in [3.05, 3.63) is 65.3 Å². The number of carbonyl (C=O) groups is 1. The van der Waals surface area contributed by atoms with Gasteiger partial charge in [-0.15, -0.1) is 0 Å². The van der Waals surface area contributed by atoms with Crippen LogP contribution in [0.2, 0.25) is 5.02 Å². The summed E-state index contributed by atoms with van der Waals surface area (Å²) in [6, 6.07) is 15.4. The molecule has 0 aliphatic carbocycles. The van der Waals surface area contributed by atoms with Gasteiger partial charge in [-0.25, -0.2) is 4.98 Å². The number of nitrogens with one attached hydrogen (secondary N) is 1. The number of amides is 1. The lowest BCUT2D eigenvalue weighted by molar-refractivity contribution is -0.125. The maximum absolute atomic E-state index is 12.5. The Morgan fingerprint density at radius 3 is 2.52 bits per heavy atom. The minimum atomic E-state index is 0.0435. The third-order valence-electron chi connectivity index (χ3n) is 5.01. The molecule has 2 heterocycles. The number of carbonyl (C=O) groups excluding carboxylic acids is 1. The highest BCUT2D eigenvalue weighted by molar-refractivity contribution is 6.30. The van der Waals surface area contributed by atoms with Crippen LogP contribution in [0.4, 0.5) is 5.82 Å². The predicted octanol–water partition coefficient (Wildman–Crippen LogP) is 3.82. The zero-order valence-electron chi connectivity index (χ0n) is 14.9. The number of aromatic nitrogens is 2. The van der Waals surface area contributed by atoms with Crippen LogP contribution in [0.1, 0.15) is 18.4 Å². The maximum Gasteiger partial charge on any atom is 0.223 e. The molecule has 0 unspecified atom stereocenters. The van der Waals surface area contributed by atoms with E-state index in [0.717, 1.165) is 48.3 Å². The number of hydrogen-bond acceptors (Lipinski definition) is 4. The van der Waals surface area contributed by atoms with Crippen LogP contribution in [0.3, 0.4) is 0 Å². The average Bonchev–Trinajstić information content (AvgIpc) is 2.73. The number of benzene rings is 2. The number of halogens is 1. The van der Waals surface area contributed by atoms with Crippen molar-refractivity contribution in [1.82, 2.24) is 15.3 Å². The third kappa shape index (κ3) is 4.19. The number of rotatable bonds is 4. The summed E-state index contributed by atoms with van der Waals surface area (Å²) in [7, 11) is 0. The Morgan fingerprint density at radius 2 is 1.78 bits per heavy atom. The number of piperidine rings is 1. The van der Waals surface area contributed by atoms with E-state index in [1.54, 1.807) is 0 Å². The van der Waals surface area contributed by atoms with Crippen LogP contribution in [0.25, 0.3) is 11.0 Å². The molecule has 1 amide bonds. The summed E-state index contributed by atoms with van der Waals surface area (Å²) in [6.07, 6.45) is 3.46. The zero-order chi connectivity index (χ0) is 18.6. The third-order valence-corrected chi connectivity index (χ3v) is 5.26. The topological polar surface area (TPSA) is 58.1 Å². The second kappa shape index (κ2) is 7.92. The van der Waals surface area contributed by atoms with Crippen molar-refractivity contribution < 1.29 is 4.79 Å². The summed E-state index contributed by atoms with van der Waals surface area (Å²) in [5.41, 5.74) is 2.85. The molecule has 1 N–H and O–H groups in total. The van der Waals surface area contributed by atoms with Gasteiger partial charge in [0.1, 0.15) is 5.82 Å². The van der Waals surface area contributed by atoms with Crippen LogP contribution < -0.4 is 10.2 Å². The minimum Gasteiger partial charge on any atom is -0.355 e. The van der Waals surface area contributed by atoms with E-state index in [1.165, 1.54) is 0 Å². The molecule has 1 aliphatic rings. The van der Waals surface area contributed by atoms with E-state index in [0.29, 0.717) is 11.6 Å². The normalized spacial score (nSPS) is 15.1. The summed E-state index contributed by atoms with van der Waals surface area (Å²) >= 11 is 5.89. The Hall–Kier alpha value is -2.66. The largest absolute Gasteiger partial charge is 0.355 e. The van der Waals surface area contributed by atoms with Gasteiger partial charge in [0.05, 0.1) is 17.2 Å². The van der Waals surface area contributed by atoms with Crippen molar-refractivity contribution in [1.29, 1.82) is 0 Å². The van der Waals surface area contributed by atoms with Crippen molar-refractivity contribution in [3.8, 4) is 0 Å². The van der Waals surface area contributed by atoms with Crippen LogP contribution in [0.5, 0.6) is 0 Å². The van der Waals surface area contributed by atoms with Crippen LogP contribution >= 0.6 is 11.6 Å². The smallest absolute Gasteiger partial charge is 0.223 e. The lowest BCUT2D eigenvalue weighted by Gasteiger charge is -2.32. The summed E-state index contributed by atoms with van der Waals surface area (Å²) < 4.78 is 0. The number of hydrogen-bond donors (Lipinski definition) is 1. The fourth-order valence-electron chi connectivity index (χ4n) is 3.41. The standard InChI is InChI=1S/C21H21ClN4O/c22-17-7-5-15(6-8-17)13-24-21(27)16-9-11-26(12-10-16)20-14-23-18-3-1-2-4-19(18)25-20/h1-8,14,16H,9-13H2,(H,24,27). The Morgan fingerprint density at radius 1 is 1.07 bits per heavy atom. The van der Waals surface area contributed by atoms with E-state index in [-0.39, 0.29) is 11.8 Å². The molecule has 5 nitrogen and oxygen atoms in total. The van der Waals surface area contributed by atoms with Gasteiger partial charge in [0.15, 0.2) is 0 Å². The average molecular weight is 381 g/mol. The summed E-state index contributed by atoms with van der Waals surface area (Å²) in [6.45, 7) is 2.16. The van der Waals surface area contributed by atoms with Gasteiger partial charge in [0, 0.05) is 30.6 Å². The first-order valence-corrected chi connectivity index (χ1v) is 9.56. The van der Waals surface area contributed by atoms with E-state index < -0.39 is 0 Å². The van der Waals surface area contributed by atoms with Crippen LogP contribution in [0, 0.1) is 5.92 Å². The highest BCUT2D eigenvalue weighted by Gasteiger charge is 2.25. The molecule has 6 heteroatoms. The Balaban J connectivity index is 1.32. The Kier molecular flexibility index (Phi) is 5.21. The molecule has 4 rings (SSSR count). The van der Waals surface area contributed by atoms with E-state index in [2.05, 4.69) is 15.2 Å². The SMILES string of the molecule is O=C(NCc1ccc(Cl)cc1)C1CCN(c2cnc3ccccc3n2)CC1. The molecule has 3 aromatic rings. The number of anilines is 1. The van der Waals surface area contributed by atoms with Gasteiger partial charge in [-0.05, 0) is 42.7 Å². The molecule has 27 heavy (non-hydrogen) atoms. The molecule has 1 fully saturated rings. The van der Waals surface area contributed by atoms with E-state index in [9.17, 15) is 4.79 Å². The van der Waals surface area contributed by atoms with E-state index >= 15 is 0 Å². The molecule has 2 aromatic carbocycles. The first-order valence-electron chi connectivity index (χ1n) is 9.18. The van der Waals surface area contributed by atoms with Crippen LogP contribution in [-0.2, 0) is 11.3 Å². The number of para-hydroxylation sites is 2. The molecule has 0 spiro atoms. The number of fused-ring (bicyclic) bond motifs is 1. The van der Waals surface area contributed by atoms with Crippen molar-refractivity contribution in [3.63, 3.8) is 0 Å². The molecule has 0 saturated carbocycles. The van der Waals surface area contributed by atoms with Crippen LogP contribution in [0.15, 0.2) is 54.7 Å². The van der Waals surface area contributed by atoms with Crippen molar-refractivity contribution in [2.75, 3.05) is 18.0 Å². The maximum atomic E-state index is 12.5. The van der Waals surface area contributed by atoms with Gasteiger partial charge in [-0.1, -0.05) is 35.9 Å². The lowest BCUT2D eigenvalue weighted by Crippen LogP contribution is -2.40. The first kappa shape index (κ1) is 17.7. The second-order valence-corrected chi connectivity index (χ2v) is 7.26. The number of nitrogens with zero attached hydrogens (tertiary/aromatic N) is 3. The molecule has 1 saturated heterocycles. The molecule has 1 aromatic heterocycles. The molecular formula is C21H21ClN4O. The first-order chi connectivity index (χ1) is 13.2. The van der Waals surface area contributed by atoms with Gasteiger partial charge in [-0.3, -0.25) is 9.78 Å². The lowest BCUT2D eigenvalue weighted by atomic mass is 9.96. The predicted molar refractivity (Wildman–Crippen MR) is 108 cm³/mol. The zero-order valence-corrected chi connectivity index (χ0v) is 15.7. The molecule has 0 atom stereocenters. The van der Waals surface area contributed by atoms with Crippen LogP contribution in [-0.4, -0.2) is 29.0 Å².